The van der Waals surface area contributed by atoms with Crippen molar-refractivity contribution in [2.75, 3.05) is 0 Å². The number of hydrogen-bond acceptors (Lipinski definition) is 3. The summed E-state index contributed by atoms with van der Waals surface area (Å²) in [5, 5.41) is 1.90. The summed E-state index contributed by atoms with van der Waals surface area (Å²) < 4.78 is 39.1. The summed E-state index contributed by atoms with van der Waals surface area (Å²) in [7, 11) is 0. The molecule has 0 radical (unpaired) electrons. The number of rotatable bonds is 1. The molecular formula is C14H14F3N3. The van der Waals surface area contributed by atoms with Gasteiger partial charge in [0.2, 0.25) is 0 Å². The van der Waals surface area contributed by atoms with Crippen molar-refractivity contribution >= 4 is 10.8 Å². The van der Waals surface area contributed by atoms with Gasteiger partial charge in [0.25, 0.3) is 0 Å². The lowest BCUT2D eigenvalue weighted by atomic mass is 9.89. The van der Waals surface area contributed by atoms with E-state index in [0.717, 1.165) is 10.8 Å². The average molecular weight is 281 g/mol. The third kappa shape index (κ3) is 2.26. The Morgan fingerprint density at radius 1 is 0.950 bits per heavy atom. The molecule has 3 unspecified atom stereocenters. The fraction of sp³-hybridized carbons (Fsp3) is 0.286. The van der Waals surface area contributed by atoms with Crippen LogP contribution in [0.15, 0.2) is 42.5 Å². The lowest BCUT2D eigenvalue weighted by molar-refractivity contribution is -0.156. The molecule has 1 aliphatic rings. The maximum Gasteiger partial charge on any atom is 0.405 e. The van der Waals surface area contributed by atoms with Crippen molar-refractivity contribution in [2.45, 2.75) is 24.3 Å². The predicted molar refractivity (Wildman–Crippen MR) is 70.8 cm³/mol. The van der Waals surface area contributed by atoms with Crippen molar-refractivity contribution in [3.8, 4) is 0 Å². The molecule has 3 nitrogen and oxygen atoms in total. The second-order valence-corrected chi connectivity index (χ2v) is 4.97. The van der Waals surface area contributed by atoms with Crippen LogP contribution in [0.2, 0.25) is 0 Å². The van der Waals surface area contributed by atoms with Gasteiger partial charge in [-0.1, -0.05) is 42.5 Å². The molecule has 1 fully saturated rings. The molecule has 4 N–H and O–H groups in total. The van der Waals surface area contributed by atoms with E-state index < -0.39 is 24.3 Å². The predicted octanol–water partition coefficient (Wildman–Crippen LogP) is 2.25. The average Bonchev–Trinajstić information content (AvgIpc) is 2.80. The lowest BCUT2D eigenvalue weighted by Crippen LogP contribution is -2.43. The molecule has 106 valence electrons. The van der Waals surface area contributed by atoms with Gasteiger partial charge >= 0.3 is 6.18 Å². The first kappa shape index (κ1) is 13.4. The summed E-state index contributed by atoms with van der Waals surface area (Å²) in [6, 6.07) is 11.2. The molecule has 0 amide bonds. The first-order valence-electron chi connectivity index (χ1n) is 6.29. The van der Waals surface area contributed by atoms with E-state index in [1.54, 1.807) is 12.1 Å². The van der Waals surface area contributed by atoms with E-state index in [1.165, 1.54) is 0 Å². The molecule has 1 saturated heterocycles. The summed E-state index contributed by atoms with van der Waals surface area (Å²) in [5.41, 5.74) is 11.1. The van der Waals surface area contributed by atoms with Crippen molar-refractivity contribution in [1.82, 2.24) is 10.9 Å². The van der Waals surface area contributed by atoms with E-state index in [1.807, 2.05) is 30.3 Å². The van der Waals surface area contributed by atoms with Gasteiger partial charge in [0.15, 0.2) is 0 Å². The van der Waals surface area contributed by atoms with E-state index in [4.69, 9.17) is 5.73 Å². The van der Waals surface area contributed by atoms with Gasteiger partial charge in [-0.05, 0) is 16.3 Å². The van der Waals surface area contributed by atoms with Gasteiger partial charge in [0.1, 0.15) is 6.04 Å². The third-order valence-corrected chi connectivity index (χ3v) is 3.66. The molecule has 1 heterocycles. The first-order chi connectivity index (χ1) is 9.47. The lowest BCUT2D eigenvalue weighted by Gasteiger charge is -2.23. The zero-order valence-corrected chi connectivity index (χ0v) is 10.5. The van der Waals surface area contributed by atoms with Crippen LogP contribution < -0.4 is 16.6 Å². The van der Waals surface area contributed by atoms with E-state index in [0.29, 0.717) is 5.56 Å². The van der Waals surface area contributed by atoms with Crippen LogP contribution in [-0.2, 0) is 0 Å². The van der Waals surface area contributed by atoms with Crippen LogP contribution >= 0.6 is 0 Å². The summed E-state index contributed by atoms with van der Waals surface area (Å²) in [4.78, 5) is 0. The highest BCUT2D eigenvalue weighted by Gasteiger charge is 2.50. The van der Waals surface area contributed by atoms with Crippen LogP contribution in [0, 0.1) is 0 Å². The second-order valence-electron chi connectivity index (χ2n) is 4.97. The fourth-order valence-electron chi connectivity index (χ4n) is 2.67. The molecule has 3 rings (SSSR count). The number of nitrogens with one attached hydrogen (secondary N) is 2. The Morgan fingerprint density at radius 2 is 1.65 bits per heavy atom. The Hall–Kier alpha value is -1.63. The molecule has 6 heteroatoms. The molecule has 20 heavy (non-hydrogen) atoms. The number of fused-ring (bicyclic) bond motifs is 1. The van der Waals surface area contributed by atoms with Crippen LogP contribution in [0.25, 0.3) is 10.8 Å². The second kappa shape index (κ2) is 4.73. The van der Waals surface area contributed by atoms with Crippen molar-refractivity contribution in [2.24, 2.45) is 5.73 Å². The van der Waals surface area contributed by atoms with E-state index in [9.17, 15) is 13.2 Å². The zero-order valence-electron chi connectivity index (χ0n) is 10.5. The monoisotopic (exact) mass is 281 g/mol. The molecule has 3 atom stereocenters. The highest BCUT2D eigenvalue weighted by molar-refractivity contribution is 5.83. The Morgan fingerprint density at radius 3 is 2.35 bits per heavy atom. The van der Waals surface area contributed by atoms with Gasteiger partial charge < -0.3 is 5.73 Å². The first-order valence-corrected chi connectivity index (χ1v) is 6.29. The maximum atomic E-state index is 13.0. The molecule has 2 aromatic carbocycles. The minimum atomic E-state index is -4.35. The van der Waals surface area contributed by atoms with Gasteiger partial charge in [0, 0.05) is 5.92 Å². The van der Waals surface area contributed by atoms with Crippen LogP contribution in [-0.4, -0.2) is 18.4 Å². The van der Waals surface area contributed by atoms with Crippen molar-refractivity contribution in [3.63, 3.8) is 0 Å². The quantitative estimate of drug-likeness (QED) is 0.751. The van der Waals surface area contributed by atoms with Crippen molar-refractivity contribution in [1.29, 1.82) is 0 Å². The van der Waals surface area contributed by atoms with E-state index >= 15 is 0 Å². The Bertz CT molecular complexity index is 626. The van der Waals surface area contributed by atoms with Crippen molar-refractivity contribution < 1.29 is 13.2 Å². The van der Waals surface area contributed by atoms with Gasteiger partial charge in [0.05, 0.1) is 6.17 Å². The van der Waals surface area contributed by atoms with Gasteiger partial charge in [-0.15, -0.1) is 0 Å². The summed E-state index contributed by atoms with van der Waals surface area (Å²) in [5.74, 6) is -0.848. The minimum absolute atomic E-state index is 0.580. The van der Waals surface area contributed by atoms with Gasteiger partial charge in [-0.25, -0.2) is 10.9 Å². The van der Waals surface area contributed by atoms with Crippen molar-refractivity contribution in [3.05, 3.63) is 48.0 Å². The topological polar surface area (TPSA) is 50.1 Å². The van der Waals surface area contributed by atoms with Gasteiger partial charge in [-0.3, -0.25) is 0 Å². The number of hydrazine groups is 1. The molecule has 2 aromatic rings. The number of halogens is 3. The van der Waals surface area contributed by atoms with Gasteiger partial charge in [-0.2, -0.15) is 13.2 Å². The Kier molecular flexibility index (Phi) is 3.16. The summed E-state index contributed by atoms with van der Waals surface area (Å²) in [6.07, 6.45) is -5.12. The Labute approximate surface area is 113 Å². The summed E-state index contributed by atoms with van der Waals surface area (Å²) in [6.45, 7) is 0. The molecule has 0 spiro atoms. The standard InChI is InChI=1S/C14H14F3N3/c15-14(16,17)12-11(13(18)20-19-12)10-6-5-8-3-1-2-4-9(8)7-10/h1-7,11-13,19-20H,18H2. The molecule has 0 bridgehead atoms. The Balaban J connectivity index is 2.03. The highest BCUT2D eigenvalue weighted by atomic mass is 19.4. The van der Waals surface area contributed by atoms with Crippen LogP contribution in [0.5, 0.6) is 0 Å². The SMILES string of the molecule is NC1NNC(C(F)(F)F)C1c1ccc2ccccc2c1. The largest absolute Gasteiger partial charge is 0.405 e. The number of alkyl halides is 3. The fourth-order valence-corrected chi connectivity index (χ4v) is 2.67. The number of benzene rings is 2. The van der Waals surface area contributed by atoms with E-state index in [2.05, 4.69) is 10.9 Å². The minimum Gasteiger partial charge on any atom is -0.314 e. The summed E-state index contributed by atoms with van der Waals surface area (Å²) >= 11 is 0. The molecule has 0 saturated carbocycles. The number of hydrogen-bond donors (Lipinski definition) is 3. The molecular weight excluding hydrogens is 267 g/mol. The number of nitrogens with two attached hydrogens (primary N) is 1. The highest BCUT2D eigenvalue weighted by Crippen LogP contribution is 2.36. The third-order valence-electron chi connectivity index (χ3n) is 3.66. The molecule has 0 aromatic heterocycles. The van der Waals surface area contributed by atoms with E-state index in [-0.39, 0.29) is 0 Å². The zero-order chi connectivity index (χ0) is 14.3. The maximum absolute atomic E-state index is 13.0. The van der Waals surface area contributed by atoms with Crippen LogP contribution in [0.3, 0.4) is 0 Å². The van der Waals surface area contributed by atoms with Crippen LogP contribution in [0.1, 0.15) is 11.5 Å². The van der Waals surface area contributed by atoms with Crippen LogP contribution in [0.4, 0.5) is 13.2 Å². The molecule has 1 aliphatic heterocycles. The smallest absolute Gasteiger partial charge is 0.314 e. The molecule has 0 aliphatic carbocycles. The normalized spacial score (nSPS) is 27.1.